The van der Waals surface area contributed by atoms with Gasteiger partial charge in [-0.2, -0.15) is 0 Å². The van der Waals surface area contributed by atoms with Crippen LogP contribution in [0.5, 0.6) is 0 Å². The van der Waals surface area contributed by atoms with Gasteiger partial charge in [0.15, 0.2) is 0 Å². The second-order valence-corrected chi connectivity index (χ2v) is 4.31. The van der Waals surface area contributed by atoms with E-state index < -0.39 is 0 Å². The molecular formula is C13H15NO. The van der Waals surface area contributed by atoms with Gasteiger partial charge in [-0.05, 0) is 36.3 Å². The Balaban J connectivity index is 2.02. The van der Waals surface area contributed by atoms with Crippen molar-refractivity contribution < 1.29 is 4.74 Å². The van der Waals surface area contributed by atoms with Crippen molar-refractivity contribution in [1.29, 1.82) is 0 Å². The number of benzene rings is 1. The molecule has 1 saturated carbocycles. The summed E-state index contributed by atoms with van der Waals surface area (Å²) in [6, 6.07) is 10.6. The summed E-state index contributed by atoms with van der Waals surface area (Å²) in [6.45, 7) is 0. The first-order chi connectivity index (χ1) is 7.38. The third kappa shape index (κ3) is 1.55. The molecule has 0 aliphatic heterocycles. The summed E-state index contributed by atoms with van der Waals surface area (Å²) in [4.78, 5) is 3.44. The zero-order chi connectivity index (χ0) is 10.3. The van der Waals surface area contributed by atoms with Gasteiger partial charge in [-0.25, -0.2) is 0 Å². The van der Waals surface area contributed by atoms with Crippen molar-refractivity contribution in [2.45, 2.75) is 18.9 Å². The second kappa shape index (κ2) is 3.38. The summed E-state index contributed by atoms with van der Waals surface area (Å²) in [5, 5.41) is 1.27. The maximum Gasteiger partial charge on any atom is 0.0997 e. The van der Waals surface area contributed by atoms with Crippen LogP contribution < -0.4 is 0 Å². The van der Waals surface area contributed by atoms with E-state index >= 15 is 0 Å². The van der Waals surface area contributed by atoms with E-state index in [4.69, 9.17) is 4.74 Å². The minimum Gasteiger partial charge on any atom is -0.375 e. The molecule has 0 amide bonds. The Bertz CT molecular complexity index is 437. The van der Waals surface area contributed by atoms with Gasteiger partial charge >= 0.3 is 0 Å². The van der Waals surface area contributed by atoms with Gasteiger partial charge in [-0.1, -0.05) is 18.2 Å². The highest BCUT2D eigenvalue weighted by Crippen LogP contribution is 2.43. The monoisotopic (exact) mass is 201 g/mol. The van der Waals surface area contributed by atoms with Crippen LogP contribution in [0.15, 0.2) is 30.3 Å². The maximum atomic E-state index is 5.56. The highest BCUT2D eigenvalue weighted by Gasteiger charge is 2.33. The Hall–Kier alpha value is -1.28. The molecule has 0 saturated heterocycles. The summed E-state index contributed by atoms with van der Waals surface area (Å²) in [7, 11) is 1.80. The Morgan fingerprint density at radius 3 is 2.80 bits per heavy atom. The maximum absolute atomic E-state index is 5.56. The molecule has 1 aromatic carbocycles. The highest BCUT2D eigenvalue weighted by atomic mass is 16.5. The Kier molecular flexibility index (Phi) is 2.03. The standard InChI is InChI=1S/C13H15NO/c1-15-13(9-6-7-9)12-8-10-4-2-3-5-11(10)14-12/h2-5,8-9,13-14H,6-7H2,1H3. The first kappa shape index (κ1) is 8.98. The van der Waals surface area contributed by atoms with E-state index in [1.807, 2.05) is 0 Å². The van der Waals surface area contributed by atoms with Gasteiger partial charge in [-0.15, -0.1) is 0 Å². The number of para-hydroxylation sites is 1. The van der Waals surface area contributed by atoms with E-state index in [2.05, 4.69) is 35.3 Å². The van der Waals surface area contributed by atoms with E-state index in [0.717, 1.165) is 5.92 Å². The molecule has 1 N–H and O–H groups in total. The highest BCUT2D eigenvalue weighted by molar-refractivity contribution is 5.80. The normalized spacial score (nSPS) is 18.2. The van der Waals surface area contributed by atoms with Crippen LogP contribution in [0.1, 0.15) is 24.6 Å². The van der Waals surface area contributed by atoms with Crippen molar-refractivity contribution in [2.24, 2.45) is 5.92 Å². The Morgan fingerprint density at radius 1 is 1.33 bits per heavy atom. The lowest BCUT2D eigenvalue weighted by Gasteiger charge is -2.11. The van der Waals surface area contributed by atoms with Crippen LogP contribution in [0.3, 0.4) is 0 Å². The van der Waals surface area contributed by atoms with Crippen LogP contribution in [0, 0.1) is 5.92 Å². The molecule has 1 heterocycles. The molecule has 2 heteroatoms. The quantitative estimate of drug-likeness (QED) is 0.810. The summed E-state index contributed by atoms with van der Waals surface area (Å²) >= 11 is 0. The lowest BCUT2D eigenvalue weighted by molar-refractivity contribution is 0.0817. The summed E-state index contributed by atoms with van der Waals surface area (Å²) < 4.78 is 5.56. The van der Waals surface area contributed by atoms with Gasteiger partial charge in [0.05, 0.1) is 6.10 Å². The molecule has 78 valence electrons. The summed E-state index contributed by atoms with van der Waals surface area (Å²) in [6.07, 6.45) is 2.86. The molecular weight excluding hydrogens is 186 g/mol. The van der Waals surface area contributed by atoms with Crippen LogP contribution in [0.25, 0.3) is 10.9 Å². The molecule has 3 rings (SSSR count). The van der Waals surface area contributed by atoms with Crippen molar-refractivity contribution in [3.05, 3.63) is 36.0 Å². The molecule has 2 aromatic rings. The van der Waals surface area contributed by atoms with Gasteiger partial charge in [-0.3, -0.25) is 0 Å². The first-order valence-corrected chi connectivity index (χ1v) is 5.49. The number of hydrogen-bond acceptors (Lipinski definition) is 1. The molecule has 0 radical (unpaired) electrons. The van der Waals surface area contributed by atoms with E-state index in [-0.39, 0.29) is 6.10 Å². The second-order valence-electron chi connectivity index (χ2n) is 4.31. The number of fused-ring (bicyclic) bond motifs is 1. The molecule has 0 spiro atoms. The predicted molar refractivity (Wildman–Crippen MR) is 60.8 cm³/mol. The summed E-state index contributed by atoms with van der Waals surface area (Å²) in [5.41, 5.74) is 2.43. The van der Waals surface area contributed by atoms with E-state index in [0.29, 0.717) is 0 Å². The van der Waals surface area contributed by atoms with Crippen molar-refractivity contribution in [2.75, 3.05) is 7.11 Å². The van der Waals surface area contributed by atoms with Crippen molar-refractivity contribution >= 4 is 10.9 Å². The van der Waals surface area contributed by atoms with Crippen LogP contribution >= 0.6 is 0 Å². The van der Waals surface area contributed by atoms with Crippen LogP contribution in [0.4, 0.5) is 0 Å². The summed E-state index contributed by atoms with van der Waals surface area (Å²) in [5.74, 6) is 0.725. The van der Waals surface area contributed by atoms with Gasteiger partial charge in [0, 0.05) is 18.3 Å². The van der Waals surface area contributed by atoms with E-state index in [1.54, 1.807) is 7.11 Å². The zero-order valence-corrected chi connectivity index (χ0v) is 8.86. The minimum absolute atomic E-state index is 0.261. The van der Waals surface area contributed by atoms with Crippen LogP contribution in [0.2, 0.25) is 0 Å². The molecule has 0 bridgehead atoms. The van der Waals surface area contributed by atoms with Crippen molar-refractivity contribution in [3.63, 3.8) is 0 Å². The molecule has 1 unspecified atom stereocenters. The average molecular weight is 201 g/mol. The van der Waals surface area contributed by atoms with E-state index in [9.17, 15) is 0 Å². The fourth-order valence-corrected chi connectivity index (χ4v) is 2.22. The Labute approximate surface area is 89.3 Å². The molecule has 1 fully saturated rings. The smallest absolute Gasteiger partial charge is 0.0997 e. The lowest BCUT2D eigenvalue weighted by Crippen LogP contribution is -2.03. The number of ether oxygens (including phenoxy) is 1. The largest absolute Gasteiger partial charge is 0.375 e. The number of rotatable bonds is 3. The number of H-pyrrole nitrogens is 1. The SMILES string of the molecule is COC(c1cc2ccccc2[nH]1)C1CC1. The third-order valence-electron chi connectivity index (χ3n) is 3.16. The van der Waals surface area contributed by atoms with Gasteiger partial charge in [0.25, 0.3) is 0 Å². The lowest BCUT2D eigenvalue weighted by atomic mass is 10.1. The van der Waals surface area contributed by atoms with Gasteiger partial charge in [0.2, 0.25) is 0 Å². The zero-order valence-electron chi connectivity index (χ0n) is 8.86. The molecule has 1 aliphatic rings. The number of aromatic amines is 1. The molecule has 1 aliphatic carbocycles. The first-order valence-electron chi connectivity index (χ1n) is 5.49. The molecule has 1 atom stereocenters. The average Bonchev–Trinajstić information content (AvgIpc) is 2.99. The van der Waals surface area contributed by atoms with Crippen LogP contribution in [-0.4, -0.2) is 12.1 Å². The topological polar surface area (TPSA) is 25.0 Å². The van der Waals surface area contributed by atoms with Gasteiger partial charge < -0.3 is 9.72 Å². The number of nitrogens with one attached hydrogen (secondary N) is 1. The fourth-order valence-electron chi connectivity index (χ4n) is 2.22. The van der Waals surface area contributed by atoms with Crippen molar-refractivity contribution in [1.82, 2.24) is 4.98 Å². The number of hydrogen-bond donors (Lipinski definition) is 1. The number of methoxy groups -OCH3 is 1. The van der Waals surface area contributed by atoms with E-state index in [1.165, 1.54) is 29.4 Å². The van der Waals surface area contributed by atoms with Crippen molar-refractivity contribution in [3.8, 4) is 0 Å². The third-order valence-corrected chi connectivity index (χ3v) is 3.16. The molecule has 15 heavy (non-hydrogen) atoms. The molecule has 1 aromatic heterocycles. The number of aromatic nitrogens is 1. The van der Waals surface area contributed by atoms with Crippen LogP contribution in [-0.2, 0) is 4.74 Å². The fraction of sp³-hybridized carbons (Fsp3) is 0.385. The minimum atomic E-state index is 0.261. The van der Waals surface area contributed by atoms with Gasteiger partial charge in [0.1, 0.15) is 0 Å². The Morgan fingerprint density at radius 2 is 2.13 bits per heavy atom. The predicted octanol–water partition coefficient (Wildman–Crippen LogP) is 3.27. The molecule has 2 nitrogen and oxygen atoms in total.